The fourth-order valence-corrected chi connectivity index (χ4v) is 0.569. The van der Waals surface area contributed by atoms with Crippen molar-refractivity contribution in [1.29, 1.82) is 0 Å². The standard InChI is InChI=1S/C7H4F3.BrH.Mg/c1-4-5(8)2-3-6(9)7(4)10;;/h2-3H,1H2;1H;/q-1;;+2/p-1. The molecule has 0 amide bonds. The zero-order valence-electron chi connectivity index (χ0n) is 6.08. The quantitative estimate of drug-likeness (QED) is 0.311. The molecule has 0 unspecified atom stereocenters. The van der Waals surface area contributed by atoms with E-state index in [1.54, 1.807) is 0 Å². The number of benzene rings is 1. The molecule has 0 atom stereocenters. The molecule has 0 fully saturated rings. The summed E-state index contributed by atoms with van der Waals surface area (Å²) in [4.78, 5) is 0. The zero-order chi connectivity index (χ0) is 7.72. The molecule has 0 saturated heterocycles. The largest absolute Gasteiger partial charge is 2.00 e. The Labute approximate surface area is 95.1 Å². The first-order valence-corrected chi connectivity index (χ1v) is 2.58. The molecular weight excluding hydrogens is 245 g/mol. The van der Waals surface area contributed by atoms with Crippen LogP contribution in [0.2, 0.25) is 0 Å². The summed E-state index contributed by atoms with van der Waals surface area (Å²) in [6, 6.07) is 1.56. The minimum Gasteiger partial charge on any atom is -1.00 e. The predicted molar refractivity (Wildman–Crippen MR) is 36.5 cm³/mol. The Kier molecular flexibility index (Phi) is 6.97. The van der Waals surface area contributed by atoms with E-state index in [1.807, 2.05) is 0 Å². The molecule has 0 aliphatic rings. The van der Waals surface area contributed by atoms with Gasteiger partial charge in [0.1, 0.15) is 5.82 Å². The van der Waals surface area contributed by atoms with Gasteiger partial charge in [-0.3, -0.25) is 8.78 Å². The Hall–Kier alpha value is 0.126. The van der Waals surface area contributed by atoms with Crippen molar-refractivity contribution < 1.29 is 30.2 Å². The molecule has 1 aromatic carbocycles. The molecule has 0 bridgehead atoms. The van der Waals surface area contributed by atoms with Gasteiger partial charge in [0.25, 0.3) is 0 Å². The molecule has 0 radical (unpaired) electrons. The Bertz CT molecular complexity index is 238. The normalized spacial score (nSPS) is 8.25. The Morgan fingerprint density at radius 1 is 1.00 bits per heavy atom. The van der Waals surface area contributed by atoms with Gasteiger partial charge in [-0.15, -0.1) is 5.56 Å². The molecule has 0 nitrogen and oxygen atoms in total. The second-order valence-electron chi connectivity index (χ2n) is 1.82. The van der Waals surface area contributed by atoms with Gasteiger partial charge in [0.15, 0.2) is 0 Å². The van der Waals surface area contributed by atoms with E-state index in [0.29, 0.717) is 0 Å². The van der Waals surface area contributed by atoms with E-state index in [-0.39, 0.29) is 40.0 Å². The van der Waals surface area contributed by atoms with Crippen molar-refractivity contribution >= 4 is 23.1 Å². The maximum absolute atomic E-state index is 12.3. The SMILES string of the molecule is [Br-].[CH2-]c1c(F)ccc(F)c1F.[Mg+2]. The summed E-state index contributed by atoms with van der Waals surface area (Å²) >= 11 is 0. The van der Waals surface area contributed by atoms with Crippen LogP contribution in [0.3, 0.4) is 0 Å². The van der Waals surface area contributed by atoms with Crippen LogP contribution in [0.15, 0.2) is 12.1 Å². The average molecular weight is 249 g/mol. The van der Waals surface area contributed by atoms with E-state index in [9.17, 15) is 13.2 Å². The first-order valence-electron chi connectivity index (χ1n) is 2.58. The van der Waals surface area contributed by atoms with Crippen LogP contribution in [0.25, 0.3) is 0 Å². The van der Waals surface area contributed by atoms with Crippen LogP contribution >= 0.6 is 0 Å². The van der Waals surface area contributed by atoms with Gasteiger partial charge in [-0.1, -0.05) is 6.07 Å². The van der Waals surface area contributed by atoms with Gasteiger partial charge in [-0.05, 0) is 6.07 Å². The molecule has 12 heavy (non-hydrogen) atoms. The first-order chi connectivity index (χ1) is 4.63. The van der Waals surface area contributed by atoms with Crippen molar-refractivity contribution in [2.75, 3.05) is 0 Å². The monoisotopic (exact) mass is 248 g/mol. The van der Waals surface area contributed by atoms with Gasteiger partial charge in [-0.25, -0.2) is 4.39 Å². The van der Waals surface area contributed by atoms with Crippen molar-refractivity contribution in [3.05, 3.63) is 42.1 Å². The molecule has 1 aromatic rings. The molecule has 62 valence electrons. The summed E-state index contributed by atoms with van der Waals surface area (Å²) in [7, 11) is 0. The van der Waals surface area contributed by atoms with Crippen molar-refractivity contribution in [3.63, 3.8) is 0 Å². The molecule has 0 saturated carbocycles. The van der Waals surface area contributed by atoms with Crippen LogP contribution in [0.5, 0.6) is 0 Å². The van der Waals surface area contributed by atoms with Crippen molar-refractivity contribution in [3.8, 4) is 0 Å². The number of hydrogen-bond acceptors (Lipinski definition) is 0. The van der Waals surface area contributed by atoms with E-state index in [1.165, 1.54) is 0 Å². The van der Waals surface area contributed by atoms with Crippen LogP contribution in [-0.2, 0) is 0 Å². The van der Waals surface area contributed by atoms with Crippen LogP contribution in [0.1, 0.15) is 5.56 Å². The minimum atomic E-state index is -1.22. The second kappa shape index (κ2) is 5.72. The number of hydrogen-bond donors (Lipinski definition) is 0. The van der Waals surface area contributed by atoms with Gasteiger partial charge in [-0.2, -0.15) is 6.92 Å². The summed E-state index contributed by atoms with van der Waals surface area (Å²) in [5.74, 6) is -3.13. The van der Waals surface area contributed by atoms with Gasteiger partial charge >= 0.3 is 23.1 Å². The Morgan fingerprint density at radius 3 is 1.83 bits per heavy atom. The van der Waals surface area contributed by atoms with Crippen LogP contribution in [0, 0.1) is 24.4 Å². The average Bonchev–Trinajstić information content (AvgIpc) is 1.93. The van der Waals surface area contributed by atoms with E-state index in [0.717, 1.165) is 12.1 Å². The zero-order valence-corrected chi connectivity index (χ0v) is 9.08. The molecule has 0 heterocycles. The van der Waals surface area contributed by atoms with E-state index in [2.05, 4.69) is 6.92 Å². The molecule has 0 spiro atoms. The van der Waals surface area contributed by atoms with Crippen LogP contribution in [-0.4, -0.2) is 23.1 Å². The minimum absolute atomic E-state index is 0. The topological polar surface area (TPSA) is 0 Å². The maximum atomic E-state index is 12.3. The fourth-order valence-electron chi connectivity index (χ4n) is 0.569. The van der Waals surface area contributed by atoms with Crippen molar-refractivity contribution in [1.82, 2.24) is 0 Å². The van der Waals surface area contributed by atoms with E-state index in [4.69, 9.17) is 0 Å². The molecule has 5 heteroatoms. The molecule has 0 N–H and O–H groups in total. The van der Waals surface area contributed by atoms with Crippen molar-refractivity contribution in [2.45, 2.75) is 0 Å². The van der Waals surface area contributed by atoms with E-state index >= 15 is 0 Å². The van der Waals surface area contributed by atoms with Gasteiger partial charge in [0.2, 0.25) is 0 Å². The number of rotatable bonds is 0. The first kappa shape index (κ1) is 14.6. The molecular formula is C7H4BrF3Mg. The Balaban J connectivity index is 0. The Morgan fingerprint density at radius 2 is 1.42 bits per heavy atom. The van der Waals surface area contributed by atoms with Crippen molar-refractivity contribution in [2.24, 2.45) is 0 Å². The summed E-state index contributed by atoms with van der Waals surface area (Å²) in [6.45, 7) is 2.99. The molecule has 0 aliphatic heterocycles. The molecule has 0 aromatic heterocycles. The van der Waals surface area contributed by atoms with Gasteiger partial charge in [0.05, 0.1) is 5.82 Å². The summed E-state index contributed by atoms with van der Waals surface area (Å²) in [5.41, 5.74) is -0.528. The third-order valence-electron chi connectivity index (χ3n) is 1.14. The smallest absolute Gasteiger partial charge is 1.00 e. The van der Waals surface area contributed by atoms with Gasteiger partial charge < -0.3 is 17.0 Å². The molecule has 0 aliphatic carbocycles. The van der Waals surface area contributed by atoms with E-state index < -0.39 is 23.0 Å². The third kappa shape index (κ3) is 2.88. The summed E-state index contributed by atoms with van der Waals surface area (Å²) in [5, 5.41) is 0. The third-order valence-corrected chi connectivity index (χ3v) is 1.14. The predicted octanol–water partition coefficient (Wildman–Crippen LogP) is -1.09. The maximum Gasteiger partial charge on any atom is 2.00 e. The fraction of sp³-hybridized carbons (Fsp3) is 0. The van der Waals surface area contributed by atoms with Crippen LogP contribution in [0.4, 0.5) is 13.2 Å². The summed E-state index contributed by atoms with van der Waals surface area (Å²) in [6.07, 6.45) is 0. The second-order valence-corrected chi connectivity index (χ2v) is 1.82. The van der Waals surface area contributed by atoms with Crippen LogP contribution < -0.4 is 17.0 Å². The summed E-state index contributed by atoms with van der Waals surface area (Å²) < 4.78 is 36.8. The van der Waals surface area contributed by atoms with Gasteiger partial charge in [0, 0.05) is 5.82 Å². The molecule has 1 rings (SSSR count). The number of halogens is 4.